The van der Waals surface area contributed by atoms with Gasteiger partial charge >= 0.3 is 0 Å². The Morgan fingerprint density at radius 1 is 1.15 bits per heavy atom. The number of anilines is 1. The van der Waals surface area contributed by atoms with Crippen LogP contribution in [0.1, 0.15) is 40.4 Å². The summed E-state index contributed by atoms with van der Waals surface area (Å²) < 4.78 is 0. The van der Waals surface area contributed by atoms with Crippen molar-refractivity contribution in [3.63, 3.8) is 0 Å². The molecule has 0 aliphatic carbocycles. The first-order valence-electron chi connectivity index (χ1n) is 9.56. The number of para-hydroxylation sites is 1. The average molecular weight is 371 g/mol. The van der Waals surface area contributed by atoms with Crippen molar-refractivity contribution in [1.29, 1.82) is 0 Å². The van der Waals surface area contributed by atoms with Gasteiger partial charge in [-0.25, -0.2) is 4.98 Å². The molecule has 1 atom stereocenters. The fourth-order valence-electron chi connectivity index (χ4n) is 3.82. The first-order valence-corrected chi connectivity index (χ1v) is 10.4. The molecule has 138 valence electrons. The van der Waals surface area contributed by atoms with Crippen molar-refractivity contribution in [3.05, 3.63) is 46.4 Å². The zero-order valence-electron chi connectivity index (χ0n) is 15.1. The summed E-state index contributed by atoms with van der Waals surface area (Å²) in [6, 6.07) is 10.6. The molecule has 5 nitrogen and oxygen atoms in total. The van der Waals surface area contributed by atoms with Gasteiger partial charge in [0.1, 0.15) is 9.88 Å². The number of piperidine rings is 1. The molecule has 3 heterocycles. The first kappa shape index (κ1) is 17.5. The minimum absolute atomic E-state index is 0.134. The molecule has 0 unspecified atom stereocenters. The van der Waals surface area contributed by atoms with Crippen LogP contribution in [-0.2, 0) is 6.54 Å². The van der Waals surface area contributed by atoms with E-state index in [1.807, 2.05) is 23.1 Å². The molecule has 1 amide bonds. The lowest BCUT2D eigenvalue weighted by Crippen LogP contribution is -2.44. The largest absolute Gasteiger partial charge is 0.381 e. The maximum absolute atomic E-state index is 12.9. The fourth-order valence-corrected chi connectivity index (χ4v) is 4.75. The standard InChI is InChI=1S/C20H26N4OS/c25-20(18-13-21-19(26-18)15-23-10-4-5-11-23)24-12-6-9-17(14-24)22-16-7-2-1-3-8-16/h1-3,7-8,13,17,22H,4-6,9-12,14-15H2/t17-/m0/s1. The van der Waals surface area contributed by atoms with E-state index < -0.39 is 0 Å². The molecule has 2 aliphatic heterocycles. The summed E-state index contributed by atoms with van der Waals surface area (Å²) in [6.07, 6.45) is 6.46. The monoisotopic (exact) mass is 370 g/mol. The van der Waals surface area contributed by atoms with Crippen LogP contribution in [0.15, 0.2) is 36.5 Å². The highest BCUT2D eigenvalue weighted by molar-refractivity contribution is 7.13. The predicted molar refractivity (Wildman–Crippen MR) is 106 cm³/mol. The second-order valence-electron chi connectivity index (χ2n) is 7.20. The third kappa shape index (κ3) is 4.24. The van der Waals surface area contributed by atoms with Gasteiger partial charge < -0.3 is 10.2 Å². The van der Waals surface area contributed by atoms with Gasteiger partial charge in [0.15, 0.2) is 0 Å². The molecule has 4 rings (SSSR count). The Bertz CT molecular complexity index is 726. The van der Waals surface area contributed by atoms with Gasteiger partial charge in [0.05, 0.1) is 12.7 Å². The number of hydrogen-bond acceptors (Lipinski definition) is 5. The van der Waals surface area contributed by atoms with Crippen LogP contribution in [-0.4, -0.2) is 52.9 Å². The van der Waals surface area contributed by atoms with Crippen molar-refractivity contribution in [2.45, 2.75) is 38.3 Å². The predicted octanol–water partition coefficient (Wildman–Crippen LogP) is 3.46. The van der Waals surface area contributed by atoms with E-state index in [1.165, 1.54) is 12.8 Å². The fraction of sp³-hybridized carbons (Fsp3) is 0.500. The van der Waals surface area contributed by atoms with Crippen LogP contribution in [0.3, 0.4) is 0 Å². The topological polar surface area (TPSA) is 48.5 Å². The Balaban J connectivity index is 1.35. The van der Waals surface area contributed by atoms with Crippen molar-refractivity contribution in [2.24, 2.45) is 0 Å². The first-order chi connectivity index (χ1) is 12.8. The van der Waals surface area contributed by atoms with Crippen LogP contribution in [0.25, 0.3) is 0 Å². The molecular weight excluding hydrogens is 344 g/mol. The van der Waals surface area contributed by atoms with Crippen LogP contribution in [0, 0.1) is 0 Å². The van der Waals surface area contributed by atoms with E-state index in [9.17, 15) is 4.79 Å². The Labute approximate surface area is 159 Å². The summed E-state index contributed by atoms with van der Waals surface area (Å²) in [7, 11) is 0. The molecule has 0 saturated carbocycles. The Kier molecular flexibility index (Phi) is 5.51. The van der Waals surface area contributed by atoms with E-state index >= 15 is 0 Å². The van der Waals surface area contributed by atoms with Crippen LogP contribution in [0.2, 0.25) is 0 Å². The van der Waals surface area contributed by atoms with Gasteiger partial charge in [0, 0.05) is 24.8 Å². The second kappa shape index (κ2) is 8.18. The van der Waals surface area contributed by atoms with Crippen LogP contribution < -0.4 is 5.32 Å². The number of hydrogen-bond donors (Lipinski definition) is 1. The highest BCUT2D eigenvalue weighted by atomic mass is 32.1. The van der Waals surface area contributed by atoms with E-state index in [4.69, 9.17) is 0 Å². The van der Waals surface area contributed by atoms with Crippen molar-refractivity contribution < 1.29 is 4.79 Å². The maximum atomic E-state index is 12.9. The minimum Gasteiger partial charge on any atom is -0.381 e. The van der Waals surface area contributed by atoms with E-state index in [1.54, 1.807) is 17.5 Å². The number of carbonyl (C=O) groups excluding carboxylic acids is 1. The third-order valence-corrected chi connectivity index (χ3v) is 6.15. The van der Waals surface area contributed by atoms with Crippen molar-refractivity contribution >= 4 is 22.9 Å². The Hall–Kier alpha value is -1.92. The maximum Gasteiger partial charge on any atom is 0.265 e. The van der Waals surface area contributed by atoms with Crippen LogP contribution in [0.5, 0.6) is 0 Å². The van der Waals surface area contributed by atoms with Crippen molar-refractivity contribution in [1.82, 2.24) is 14.8 Å². The highest BCUT2D eigenvalue weighted by Gasteiger charge is 2.26. The number of nitrogens with one attached hydrogen (secondary N) is 1. The lowest BCUT2D eigenvalue weighted by atomic mass is 10.1. The number of rotatable bonds is 5. The van der Waals surface area contributed by atoms with Gasteiger partial charge in [-0.05, 0) is 50.9 Å². The van der Waals surface area contributed by atoms with Gasteiger partial charge in [-0.1, -0.05) is 18.2 Å². The summed E-state index contributed by atoms with van der Waals surface area (Å²) in [5, 5.41) is 4.62. The quantitative estimate of drug-likeness (QED) is 0.876. The van der Waals surface area contributed by atoms with Crippen LogP contribution >= 0.6 is 11.3 Å². The molecule has 2 aliphatic rings. The molecule has 6 heteroatoms. The Morgan fingerprint density at radius 3 is 2.77 bits per heavy atom. The minimum atomic E-state index is 0.134. The molecule has 2 fully saturated rings. The normalized spacial score (nSPS) is 21.1. The van der Waals surface area contributed by atoms with Gasteiger partial charge in [-0.2, -0.15) is 0 Å². The summed E-state index contributed by atoms with van der Waals surface area (Å²) in [6.45, 7) is 4.79. The SMILES string of the molecule is O=C(c1cnc(CN2CCCC2)s1)N1CCC[C@H](Nc2ccccc2)C1. The van der Waals surface area contributed by atoms with E-state index in [0.717, 1.165) is 61.1 Å². The molecule has 0 radical (unpaired) electrons. The summed E-state index contributed by atoms with van der Waals surface area (Å²) in [5.41, 5.74) is 1.12. The van der Waals surface area contributed by atoms with Gasteiger partial charge in [-0.3, -0.25) is 9.69 Å². The van der Waals surface area contributed by atoms with Crippen molar-refractivity contribution in [2.75, 3.05) is 31.5 Å². The lowest BCUT2D eigenvalue weighted by molar-refractivity contribution is 0.0719. The van der Waals surface area contributed by atoms with Crippen molar-refractivity contribution in [3.8, 4) is 0 Å². The third-order valence-electron chi connectivity index (χ3n) is 5.18. The lowest BCUT2D eigenvalue weighted by Gasteiger charge is -2.33. The van der Waals surface area contributed by atoms with Gasteiger partial charge in [0.2, 0.25) is 0 Å². The molecule has 0 bridgehead atoms. The van der Waals surface area contributed by atoms with Gasteiger partial charge in [-0.15, -0.1) is 11.3 Å². The second-order valence-corrected chi connectivity index (χ2v) is 8.32. The highest BCUT2D eigenvalue weighted by Crippen LogP contribution is 2.22. The van der Waals surface area contributed by atoms with E-state index in [-0.39, 0.29) is 5.91 Å². The zero-order chi connectivity index (χ0) is 17.8. The molecule has 2 saturated heterocycles. The number of benzene rings is 1. The summed E-state index contributed by atoms with van der Waals surface area (Å²) >= 11 is 1.56. The molecule has 26 heavy (non-hydrogen) atoms. The molecule has 2 aromatic rings. The van der Waals surface area contributed by atoms with Gasteiger partial charge in [0.25, 0.3) is 5.91 Å². The number of carbonyl (C=O) groups is 1. The van der Waals surface area contributed by atoms with E-state index in [0.29, 0.717) is 6.04 Å². The molecule has 1 aromatic heterocycles. The number of thiazole rings is 1. The molecule has 1 N–H and O–H groups in total. The number of amides is 1. The molecular formula is C20H26N4OS. The number of nitrogens with zero attached hydrogens (tertiary/aromatic N) is 3. The molecule has 1 aromatic carbocycles. The number of likely N-dealkylation sites (tertiary alicyclic amines) is 2. The average Bonchev–Trinajstić information content (AvgIpc) is 3.35. The Morgan fingerprint density at radius 2 is 1.96 bits per heavy atom. The van der Waals surface area contributed by atoms with Crippen LogP contribution in [0.4, 0.5) is 5.69 Å². The van der Waals surface area contributed by atoms with E-state index in [2.05, 4.69) is 27.3 Å². The summed E-state index contributed by atoms with van der Waals surface area (Å²) in [5.74, 6) is 0.134. The zero-order valence-corrected chi connectivity index (χ0v) is 15.9. The summed E-state index contributed by atoms with van der Waals surface area (Å²) in [4.78, 5) is 22.6. The smallest absolute Gasteiger partial charge is 0.265 e. The number of aromatic nitrogens is 1. The molecule has 0 spiro atoms.